The van der Waals surface area contributed by atoms with Crippen LogP contribution in [0.1, 0.15) is 54.9 Å². The molecule has 166 valence electrons. The SMILES string of the molecule is C=CC[C@H]1OC(COC(=O)C(C)(C)C)[C@@H](O)[C@H](OC(=O)C(C)(C)C)C1NC(C)=O. The second kappa shape index (κ2) is 9.71. The van der Waals surface area contributed by atoms with Crippen LogP contribution in [0.3, 0.4) is 0 Å². The number of hydrogen-bond donors (Lipinski definition) is 2. The molecule has 1 rings (SSSR count). The van der Waals surface area contributed by atoms with Crippen molar-refractivity contribution in [2.45, 2.75) is 85.3 Å². The molecule has 1 heterocycles. The van der Waals surface area contributed by atoms with Gasteiger partial charge in [-0.2, -0.15) is 0 Å². The number of aliphatic hydroxyl groups excluding tert-OH is 1. The summed E-state index contributed by atoms with van der Waals surface area (Å²) in [6.07, 6.45) is -1.96. The monoisotopic (exact) mass is 413 g/mol. The van der Waals surface area contributed by atoms with Gasteiger partial charge < -0.3 is 24.6 Å². The molecule has 0 spiro atoms. The Morgan fingerprint density at radius 1 is 1.07 bits per heavy atom. The first-order valence-electron chi connectivity index (χ1n) is 9.78. The number of nitrogens with one attached hydrogen (secondary N) is 1. The molecule has 8 heteroatoms. The molecule has 0 saturated carbocycles. The van der Waals surface area contributed by atoms with Crippen molar-refractivity contribution in [1.29, 1.82) is 0 Å². The zero-order chi connectivity index (χ0) is 22.6. The summed E-state index contributed by atoms with van der Waals surface area (Å²) in [5.41, 5.74) is -1.52. The van der Waals surface area contributed by atoms with Crippen molar-refractivity contribution in [3.63, 3.8) is 0 Å². The summed E-state index contributed by atoms with van der Waals surface area (Å²) in [6.45, 7) is 15.0. The van der Waals surface area contributed by atoms with Crippen molar-refractivity contribution in [2.24, 2.45) is 10.8 Å². The van der Waals surface area contributed by atoms with Crippen molar-refractivity contribution < 1.29 is 33.7 Å². The molecule has 1 fully saturated rings. The quantitative estimate of drug-likeness (QED) is 0.504. The third kappa shape index (κ3) is 7.12. The fourth-order valence-electron chi connectivity index (χ4n) is 2.76. The molecule has 2 unspecified atom stereocenters. The summed E-state index contributed by atoms with van der Waals surface area (Å²) < 4.78 is 16.8. The van der Waals surface area contributed by atoms with Gasteiger partial charge in [-0.25, -0.2) is 0 Å². The van der Waals surface area contributed by atoms with E-state index < -0.39 is 53.2 Å². The minimum Gasteiger partial charge on any atom is -0.462 e. The number of aliphatic hydroxyl groups is 1. The first-order chi connectivity index (χ1) is 13.2. The van der Waals surface area contributed by atoms with E-state index in [1.807, 2.05) is 0 Å². The van der Waals surface area contributed by atoms with Gasteiger partial charge in [-0.15, -0.1) is 6.58 Å². The van der Waals surface area contributed by atoms with Crippen LogP contribution in [0, 0.1) is 10.8 Å². The number of hydrogen-bond acceptors (Lipinski definition) is 7. The lowest BCUT2D eigenvalue weighted by atomic mass is 9.90. The third-order valence-electron chi connectivity index (χ3n) is 4.44. The molecule has 0 radical (unpaired) electrons. The van der Waals surface area contributed by atoms with Gasteiger partial charge in [-0.05, 0) is 48.0 Å². The molecule has 0 aromatic heterocycles. The zero-order valence-electron chi connectivity index (χ0n) is 18.5. The van der Waals surface area contributed by atoms with Crippen LogP contribution in [0.25, 0.3) is 0 Å². The fourth-order valence-corrected chi connectivity index (χ4v) is 2.76. The van der Waals surface area contributed by atoms with Gasteiger partial charge in [0.2, 0.25) is 5.91 Å². The van der Waals surface area contributed by atoms with E-state index in [1.54, 1.807) is 47.6 Å². The highest BCUT2D eigenvalue weighted by Gasteiger charge is 2.48. The van der Waals surface area contributed by atoms with E-state index in [9.17, 15) is 19.5 Å². The van der Waals surface area contributed by atoms with E-state index in [1.165, 1.54) is 6.92 Å². The van der Waals surface area contributed by atoms with Crippen LogP contribution in [0.15, 0.2) is 12.7 Å². The minimum atomic E-state index is -1.30. The molecule has 0 aliphatic carbocycles. The molecule has 1 aliphatic rings. The molecular formula is C21H35NO7. The van der Waals surface area contributed by atoms with Gasteiger partial charge in [-0.3, -0.25) is 14.4 Å². The Hall–Kier alpha value is -1.93. The van der Waals surface area contributed by atoms with Crippen molar-refractivity contribution >= 4 is 17.8 Å². The first kappa shape index (κ1) is 25.1. The van der Waals surface area contributed by atoms with Crippen LogP contribution in [0.5, 0.6) is 0 Å². The summed E-state index contributed by atoms with van der Waals surface area (Å²) in [7, 11) is 0. The van der Waals surface area contributed by atoms with Crippen LogP contribution in [-0.4, -0.2) is 60.0 Å². The lowest BCUT2D eigenvalue weighted by Gasteiger charge is -2.44. The smallest absolute Gasteiger partial charge is 0.311 e. The summed E-state index contributed by atoms with van der Waals surface area (Å²) >= 11 is 0. The number of rotatable bonds is 6. The highest BCUT2D eigenvalue weighted by molar-refractivity contribution is 5.76. The summed E-state index contributed by atoms with van der Waals surface area (Å²) in [4.78, 5) is 36.3. The van der Waals surface area contributed by atoms with Crippen LogP contribution < -0.4 is 5.32 Å². The third-order valence-corrected chi connectivity index (χ3v) is 4.44. The van der Waals surface area contributed by atoms with Gasteiger partial charge in [0.25, 0.3) is 0 Å². The average molecular weight is 414 g/mol. The van der Waals surface area contributed by atoms with E-state index in [2.05, 4.69) is 11.9 Å². The van der Waals surface area contributed by atoms with E-state index in [-0.39, 0.29) is 12.5 Å². The standard InChI is InChI=1S/C21H35NO7/c1-9-10-13-15(22-12(2)23)17(29-19(26)21(6,7)8)16(24)14(28-13)11-27-18(25)20(3,4)5/h9,13-17,24H,1,10-11H2,2-8H3,(H,22,23)/t13-,14?,15?,16-,17-/m1/s1. The topological polar surface area (TPSA) is 111 Å². The molecule has 29 heavy (non-hydrogen) atoms. The lowest BCUT2D eigenvalue weighted by molar-refractivity contribution is -0.218. The van der Waals surface area contributed by atoms with Gasteiger partial charge >= 0.3 is 11.9 Å². The number of carbonyl (C=O) groups excluding carboxylic acids is 3. The largest absolute Gasteiger partial charge is 0.462 e. The summed E-state index contributed by atoms with van der Waals surface area (Å²) in [5.74, 6) is -1.32. The van der Waals surface area contributed by atoms with Crippen LogP contribution in [0.4, 0.5) is 0 Å². The van der Waals surface area contributed by atoms with Crippen LogP contribution in [-0.2, 0) is 28.6 Å². The van der Waals surface area contributed by atoms with E-state index in [4.69, 9.17) is 14.2 Å². The highest BCUT2D eigenvalue weighted by atomic mass is 16.6. The molecular weight excluding hydrogens is 378 g/mol. The molecule has 0 aromatic rings. The van der Waals surface area contributed by atoms with E-state index in [0.717, 1.165) is 0 Å². The predicted octanol–water partition coefficient (Wildman–Crippen LogP) is 1.74. The maximum Gasteiger partial charge on any atom is 0.311 e. The molecule has 0 bridgehead atoms. The number of amides is 1. The molecule has 1 aliphatic heterocycles. The Balaban J connectivity index is 3.13. The average Bonchev–Trinajstić information content (AvgIpc) is 2.56. The number of ether oxygens (including phenoxy) is 3. The van der Waals surface area contributed by atoms with E-state index >= 15 is 0 Å². The van der Waals surface area contributed by atoms with Crippen molar-refractivity contribution in [3.05, 3.63) is 12.7 Å². The van der Waals surface area contributed by atoms with Gasteiger partial charge in [0, 0.05) is 6.92 Å². The van der Waals surface area contributed by atoms with Crippen LogP contribution >= 0.6 is 0 Å². The second-order valence-electron chi connectivity index (χ2n) is 9.42. The van der Waals surface area contributed by atoms with Crippen molar-refractivity contribution in [2.75, 3.05) is 6.61 Å². The van der Waals surface area contributed by atoms with Crippen molar-refractivity contribution in [1.82, 2.24) is 5.32 Å². The predicted molar refractivity (Wildman–Crippen MR) is 107 cm³/mol. The van der Waals surface area contributed by atoms with E-state index in [0.29, 0.717) is 6.42 Å². The molecule has 0 aromatic carbocycles. The second-order valence-corrected chi connectivity index (χ2v) is 9.42. The number of carbonyl (C=O) groups is 3. The van der Waals surface area contributed by atoms with Crippen LogP contribution in [0.2, 0.25) is 0 Å². The Morgan fingerprint density at radius 3 is 2.07 bits per heavy atom. The molecule has 1 saturated heterocycles. The minimum absolute atomic E-state index is 0.207. The lowest BCUT2D eigenvalue weighted by Crippen LogP contribution is -2.65. The van der Waals surface area contributed by atoms with Gasteiger partial charge in [0.15, 0.2) is 6.10 Å². The molecule has 2 N–H and O–H groups in total. The highest BCUT2D eigenvalue weighted by Crippen LogP contribution is 2.29. The summed E-state index contributed by atoms with van der Waals surface area (Å²) in [6, 6.07) is -0.777. The molecule has 1 amide bonds. The van der Waals surface area contributed by atoms with Gasteiger partial charge in [0.05, 0.1) is 23.0 Å². The summed E-state index contributed by atoms with van der Waals surface area (Å²) in [5, 5.41) is 13.6. The maximum absolute atomic E-state index is 12.5. The Bertz CT molecular complexity index is 617. The molecule has 5 atom stereocenters. The Morgan fingerprint density at radius 2 is 1.62 bits per heavy atom. The van der Waals surface area contributed by atoms with Gasteiger partial charge in [0.1, 0.15) is 18.8 Å². The maximum atomic E-state index is 12.5. The Labute approximate surface area is 173 Å². The number of esters is 2. The first-order valence-corrected chi connectivity index (χ1v) is 9.78. The normalized spacial score (nSPS) is 27.7. The Kier molecular flexibility index (Phi) is 8.41. The molecule has 8 nitrogen and oxygen atoms in total. The van der Waals surface area contributed by atoms with Crippen molar-refractivity contribution in [3.8, 4) is 0 Å². The fraction of sp³-hybridized carbons (Fsp3) is 0.762. The zero-order valence-corrected chi connectivity index (χ0v) is 18.5. The van der Waals surface area contributed by atoms with Gasteiger partial charge in [-0.1, -0.05) is 6.08 Å².